The van der Waals surface area contributed by atoms with Gasteiger partial charge < -0.3 is 5.32 Å². The molecule has 0 aliphatic carbocycles. The molecule has 5 nitrogen and oxygen atoms in total. The van der Waals surface area contributed by atoms with E-state index in [1.54, 1.807) is 0 Å². The third-order valence-corrected chi connectivity index (χ3v) is 5.61. The summed E-state index contributed by atoms with van der Waals surface area (Å²) in [7, 11) is -3.41. The first-order valence-electron chi connectivity index (χ1n) is 9.05. The lowest BCUT2D eigenvalue weighted by atomic mass is 10.0. The molecule has 0 saturated carbocycles. The normalized spacial score (nSPS) is 11.8. The highest BCUT2D eigenvalue weighted by Crippen LogP contribution is 2.17. The molecule has 1 amide bonds. The maximum absolute atomic E-state index is 12.2. The van der Waals surface area contributed by atoms with Crippen molar-refractivity contribution in [2.45, 2.75) is 39.7 Å². The van der Waals surface area contributed by atoms with Crippen molar-refractivity contribution in [3.63, 3.8) is 0 Å². The van der Waals surface area contributed by atoms with E-state index in [1.165, 1.54) is 16.1 Å². The fourth-order valence-electron chi connectivity index (χ4n) is 2.78. The second-order valence-corrected chi connectivity index (χ2v) is 9.14. The summed E-state index contributed by atoms with van der Waals surface area (Å²) in [5.74, 6) is 0.227. The van der Waals surface area contributed by atoms with Crippen molar-refractivity contribution in [3.8, 4) is 0 Å². The van der Waals surface area contributed by atoms with E-state index in [9.17, 15) is 13.2 Å². The Labute approximate surface area is 162 Å². The molecule has 0 radical (unpaired) electrons. The Balaban J connectivity index is 1.96. The van der Waals surface area contributed by atoms with Gasteiger partial charge in [0.2, 0.25) is 15.9 Å². The number of hydrogen-bond donors (Lipinski definition) is 1. The number of carbonyl (C=O) groups excluding carboxylic acids is 1. The van der Waals surface area contributed by atoms with Gasteiger partial charge in [-0.15, -0.1) is 0 Å². The van der Waals surface area contributed by atoms with Crippen LogP contribution in [-0.4, -0.2) is 31.4 Å². The zero-order valence-electron chi connectivity index (χ0n) is 16.4. The summed E-state index contributed by atoms with van der Waals surface area (Å²) in [6, 6.07) is 15.4. The van der Waals surface area contributed by atoms with Gasteiger partial charge in [-0.1, -0.05) is 55.8 Å². The van der Waals surface area contributed by atoms with E-state index in [0.717, 1.165) is 11.1 Å². The van der Waals surface area contributed by atoms with E-state index < -0.39 is 10.0 Å². The van der Waals surface area contributed by atoms with Crippen molar-refractivity contribution in [2.75, 3.05) is 18.1 Å². The molecule has 0 aromatic heterocycles. The summed E-state index contributed by atoms with van der Waals surface area (Å²) in [6.45, 7) is 6.59. The molecule has 1 N–H and O–H groups in total. The average Bonchev–Trinajstić information content (AvgIpc) is 2.58. The Morgan fingerprint density at radius 1 is 1.11 bits per heavy atom. The smallest absolute Gasteiger partial charge is 0.225 e. The first kappa shape index (κ1) is 21.1. The second-order valence-electron chi connectivity index (χ2n) is 7.16. The predicted molar refractivity (Wildman–Crippen MR) is 110 cm³/mol. The molecular weight excluding hydrogens is 360 g/mol. The largest absolute Gasteiger partial charge is 0.326 e. The van der Waals surface area contributed by atoms with Crippen LogP contribution in [0.15, 0.2) is 48.5 Å². The highest BCUT2D eigenvalue weighted by atomic mass is 32.2. The minimum Gasteiger partial charge on any atom is -0.326 e. The van der Waals surface area contributed by atoms with Crippen LogP contribution in [0, 0.1) is 6.92 Å². The van der Waals surface area contributed by atoms with Crippen molar-refractivity contribution in [1.82, 2.24) is 4.31 Å². The first-order valence-corrected chi connectivity index (χ1v) is 10.9. The van der Waals surface area contributed by atoms with Gasteiger partial charge in [0, 0.05) is 25.2 Å². The van der Waals surface area contributed by atoms with Gasteiger partial charge in [0.1, 0.15) is 0 Å². The maximum atomic E-state index is 12.2. The molecule has 146 valence electrons. The van der Waals surface area contributed by atoms with Crippen LogP contribution in [0.5, 0.6) is 0 Å². The summed E-state index contributed by atoms with van der Waals surface area (Å²) in [5, 5.41) is 2.83. The Kier molecular flexibility index (Phi) is 7.16. The maximum Gasteiger partial charge on any atom is 0.225 e. The molecule has 0 fully saturated rings. The lowest BCUT2D eigenvalue weighted by molar-refractivity contribution is -0.116. The van der Waals surface area contributed by atoms with Crippen molar-refractivity contribution in [1.29, 1.82) is 0 Å². The number of anilines is 1. The van der Waals surface area contributed by atoms with Gasteiger partial charge in [-0.25, -0.2) is 8.42 Å². The van der Waals surface area contributed by atoms with Gasteiger partial charge >= 0.3 is 0 Å². The molecule has 0 aliphatic heterocycles. The van der Waals surface area contributed by atoms with Gasteiger partial charge in [0.15, 0.2) is 0 Å². The van der Waals surface area contributed by atoms with Crippen LogP contribution >= 0.6 is 0 Å². The molecular formula is C21H28N2O3S. The Morgan fingerprint density at radius 3 is 2.33 bits per heavy atom. The first-order chi connectivity index (χ1) is 12.6. The molecule has 0 heterocycles. The third kappa shape index (κ3) is 6.81. The lowest BCUT2D eigenvalue weighted by Gasteiger charge is -2.20. The van der Waals surface area contributed by atoms with Crippen molar-refractivity contribution < 1.29 is 13.2 Å². The van der Waals surface area contributed by atoms with Gasteiger partial charge in [-0.3, -0.25) is 4.79 Å². The number of aryl methyl sites for hydroxylation is 1. The number of nitrogens with zero attached hydrogens (tertiary/aromatic N) is 1. The van der Waals surface area contributed by atoms with Crippen molar-refractivity contribution in [3.05, 3.63) is 65.2 Å². The fourth-order valence-corrected chi connectivity index (χ4v) is 3.58. The van der Waals surface area contributed by atoms with E-state index in [0.29, 0.717) is 11.6 Å². The number of nitrogens with one attached hydrogen (secondary N) is 1. The van der Waals surface area contributed by atoms with Gasteiger partial charge in [-0.05, 0) is 36.1 Å². The van der Waals surface area contributed by atoms with Crippen LogP contribution < -0.4 is 5.32 Å². The molecule has 2 aromatic rings. The minimum absolute atomic E-state index is 0.102. The predicted octanol–water partition coefficient (Wildman–Crippen LogP) is 3.91. The number of carbonyl (C=O) groups is 1. The number of rotatable bonds is 8. The molecule has 27 heavy (non-hydrogen) atoms. The number of benzene rings is 2. The molecule has 0 aliphatic rings. The Hall–Kier alpha value is -2.18. The van der Waals surface area contributed by atoms with Crippen LogP contribution in [0.3, 0.4) is 0 Å². The zero-order chi connectivity index (χ0) is 20.0. The van der Waals surface area contributed by atoms with Crippen LogP contribution in [0.25, 0.3) is 0 Å². The standard InChI is InChI=1S/C21H28N2O3S/c1-16(2)19-8-10-20(11-9-19)22-21(24)12-13-23(27(4,25)26)15-18-7-5-6-17(3)14-18/h5-11,14,16H,12-13,15H2,1-4H3,(H,22,24). The molecule has 0 atom stereocenters. The van der Waals surface area contributed by atoms with Gasteiger partial charge in [0.25, 0.3) is 0 Å². The zero-order valence-corrected chi connectivity index (χ0v) is 17.2. The molecule has 0 spiro atoms. The van der Waals surface area contributed by atoms with Gasteiger partial charge in [-0.2, -0.15) is 4.31 Å². The number of hydrogen-bond acceptors (Lipinski definition) is 3. The quantitative estimate of drug-likeness (QED) is 0.746. The molecule has 0 saturated heterocycles. The third-order valence-electron chi connectivity index (χ3n) is 4.36. The second kappa shape index (κ2) is 9.15. The fraction of sp³-hybridized carbons (Fsp3) is 0.381. The Bertz CT molecular complexity index is 875. The molecule has 6 heteroatoms. The summed E-state index contributed by atoms with van der Waals surface area (Å²) in [5.41, 5.74) is 3.90. The van der Waals surface area contributed by atoms with E-state index in [-0.39, 0.29) is 25.4 Å². The van der Waals surface area contributed by atoms with Crippen molar-refractivity contribution in [2.24, 2.45) is 0 Å². The Morgan fingerprint density at radius 2 is 1.78 bits per heavy atom. The van der Waals surface area contributed by atoms with E-state index in [4.69, 9.17) is 0 Å². The van der Waals surface area contributed by atoms with Gasteiger partial charge in [0.05, 0.1) is 6.26 Å². The molecule has 0 unspecified atom stereocenters. The van der Waals surface area contributed by atoms with Crippen LogP contribution in [0.1, 0.15) is 42.9 Å². The lowest BCUT2D eigenvalue weighted by Crippen LogP contribution is -2.32. The van der Waals surface area contributed by atoms with E-state index in [2.05, 4.69) is 19.2 Å². The summed E-state index contributed by atoms with van der Waals surface area (Å²) in [6.07, 6.45) is 1.27. The van der Waals surface area contributed by atoms with Crippen molar-refractivity contribution >= 4 is 21.6 Å². The van der Waals surface area contributed by atoms with Crippen LogP contribution in [0.4, 0.5) is 5.69 Å². The highest BCUT2D eigenvalue weighted by Gasteiger charge is 2.18. The number of sulfonamides is 1. The van der Waals surface area contributed by atoms with E-state index >= 15 is 0 Å². The molecule has 2 rings (SSSR count). The molecule has 0 bridgehead atoms. The SMILES string of the molecule is Cc1cccc(CN(CCC(=O)Nc2ccc(C(C)C)cc2)S(C)(=O)=O)c1. The number of amides is 1. The minimum atomic E-state index is -3.41. The topological polar surface area (TPSA) is 66.5 Å². The van der Waals surface area contributed by atoms with Crippen LogP contribution in [-0.2, 0) is 21.4 Å². The summed E-state index contributed by atoms with van der Waals surface area (Å²) in [4.78, 5) is 12.2. The monoisotopic (exact) mass is 388 g/mol. The molecule has 2 aromatic carbocycles. The highest BCUT2D eigenvalue weighted by molar-refractivity contribution is 7.88. The summed E-state index contributed by atoms with van der Waals surface area (Å²) >= 11 is 0. The summed E-state index contributed by atoms with van der Waals surface area (Å²) < 4.78 is 25.5. The average molecular weight is 389 g/mol. The van der Waals surface area contributed by atoms with Crippen LogP contribution in [0.2, 0.25) is 0 Å². The van der Waals surface area contributed by atoms with E-state index in [1.807, 2.05) is 55.5 Å².